The van der Waals surface area contributed by atoms with E-state index in [1.54, 1.807) is 12.1 Å². The van der Waals surface area contributed by atoms with E-state index in [0.29, 0.717) is 0 Å². The van der Waals surface area contributed by atoms with Gasteiger partial charge in [0.05, 0.1) is 5.02 Å². The molecule has 6 heteroatoms. The number of rotatable bonds is 3. The normalized spacial score (nSPS) is 11.3. The highest BCUT2D eigenvalue weighted by Crippen LogP contribution is 2.25. The maximum Gasteiger partial charge on any atom is 0.340 e. The minimum Gasteiger partial charge on any atom is -0.379 e. The monoisotopic (exact) mass is 300 g/mol. The molecule has 0 amide bonds. The van der Waals surface area contributed by atoms with Crippen LogP contribution in [0.15, 0.2) is 47.4 Å². The number of hydrogen-bond acceptors (Lipinski definition) is 3. The van der Waals surface area contributed by atoms with Crippen LogP contribution in [0.5, 0.6) is 5.75 Å². The SMILES string of the molecule is Cc1ccc(OS(=O)(=O)c2ccc(F)cc2Cl)cc1. The molecule has 100 valence electrons. The van der Waals surface area contributed by atoms with Gasteiger partial charge < -0.3 is 4.18 Å². The summed E-state index contributed by atoms with van der Waals surface area (Å²) in [6.45, 7) is 1.87. The van der Waals surface area contributed by atoms with Crippen LogP contribution in [0.4, 0.5) is 4.39 Å². The van der Waals surface area contributed by atoms with Gasteiger partial charge in [-0.3, -0.25) is 0 Å². The summed E-state index contributed by atoms with van der Waals surface area (Å²) in [4.78, 5) is -0.267. The summed E-state index contributed by atoms with van der Waals surface area (Å²) in [6.07, 6.45) is 0. The van der Waals surface area contributed by atoms with Gasteiger partial charge >= 0.3 is 10.1 Å². The molecule has 19 heavy (non-hydrogen) atoms. The molecule has 0 aromatic heterocycles. The van der Waals surface area contributed by atoms with Gasteiger partial charge in [0, 0.05) is 0 Å². The van der Waals surface area contributed by atoms with Crippen LogP contribution in [0.3, 0.4) is 0 Å². The van der Waals surface area contributed by atoms with Gasteiger partial charge in [-0.2, -0.15) is 8.42 Å². The third-order valence-corrected chi connectivity index (χ3v) is 4.12. The van der Waals surface area contributed by atoms with Crippen LogP contribution in [-0.2, 0) is 10.1 Å². The molecule has 0 unspecified atom stereocenters. The van der Waals surface area contributed by atoms with Crippen molar-refractivity contribution < 1.29 is 17.0 Å². The topological polar surface area (TPSA) is 43.4 Å². The Bertz CT molecular complexity index is 696. The lowest BCUT2D eigenvalue weighted by atomic mass is 10.2. The maximum absolute atomic E-state index is 12.9. The third-order valence-electron chi connectivity index (χ3n) is 2.39. The van der Waals surface area contributed by atoms with Gasteiger partial charge in [-0.15, -0.1) is 0 Å². The molecule has 2 aromatic rings. The molecule has 0 aliphatic rings. The summed E-state index contributed by atoms with van der Waals surface area (Å²) >= 11 is 5.71. The van der Waals surface area contributed by atoms with E-state index in [0.717, 1.165) is 23.8 Å². The highest BCUT2D eigenvalue weighted by molar-refractivity contribution is 7.87. The van der Waals surface area contributed by atoms with E-state index in [2.05, 4.69) is 0 Å². The highest BCUT2D eigenvalue weighted by atomic mass is 35.5. The average Bonchev–Trinajstić information content (AvgIpc) is 2.31. The predicted octanol–water partition coefficient (Wildman–Crippen LogP) is 3.56. The van der Waals surface area contributed by atoms with Gasteiger partial charge in [0.25, 0.3) is 0 Å². The first kappa shape index (κ1) is 13.8. The number of halogens is 2. The summed E-state index contributed by atoms with van der Waals surface area (Å²) in [7, 11) is -4.07. The zero-order valence-electron chi connectivity index (χ0n) is 9.93. The summed E-state index contributed by atoms with van der Waals surface area (Å²) in [5.74, 6) is -0.440. The summed E-state index contributed by atoms with van der Waals surface area (Å²) in [6, 6.07) is 9.51. The minimum atomic E-state index is -4.07. The lowest BCUT2D eigenvalue weighted by Crippen LogP contribution is -2.10. The van der Waals surface area contributed by atoms with E-state index in [9.17, 15) is 12.8 Å². The quantitative estimate of drug-likeness (QED) is 0.814. The molecule has 2 rings (SSSR count). The van der Waals surface area contributed by atoms with Crippen LogP contribution < -0.4 is 4.18 Å². The molecule has 0 aliphatic carbocycles. The van der Waals surface area contributed by atoms with Crippen LogP contribution in [0, 0.1) is 12.7 Å². The van der Waals surface area contributed by atoms with Crippen molar-refractivity contribution in [2.24, 2.45) is 0 Å². The second-order valence-corrected chi connectivity index (χ2v) is 5.85. The molecule has 0 saturated carbocycles. The van der Waals surface area contributed by atoms with Crippen molar-refractivity contribution in [3.63, 3.8) is 0 Å². The van der Waals surface area contributed by atoms with Gasteiger partial charge in [-0.25, -0.2) is 4.39 Å². The largest absolute Gasteiger partial charge is 0.379 e. The lowest BCUT2D eigenvalue weighted by molar-refractivity contribution is 0.486. The molecule has 0 heterocycles. The summed E-state index contributed by atoms with van der Waals surface area (Å²) < 4.78 is 41.8. The molecule has 0 radical (unpaired) electrons. The Morgan fingerprint density at radius 1 is 1.11 bits per heavy atom. The molecule has 0 spiro atoms. The van der Waals surface area contributed by atoms with Crippen molar-refractivity contribution in [1.29, 1.82) is 0 Å². The number of aryl methyl sites for hydroxylation is 1. The van der Waals surface area contributed by atoms with Gasteiger partial charge in [-0.1, -0.05) is 29.3 Å². The Kier molecular flexibility index (Phi) is 3.78. The number of benzene rings is 2. The maximum atomic E-state index is 12.9. The molecule has 2 aromatic carbocycles. The van der Waals surface area contributed by atoms with Gasteiger partial charge in [0.15, 0.2) is 0 Å². The zero-order chi connectivity index (χ0) is 14.0. The van der Waals surface area contributed by atoms with E-state index >= 15 is 0 Å². The van der Waals surface area contributed by atoms with E-state index < -0.39 is 15.9 Å². The summed E-state index contributed by atoms with van der Waals surface area (Å²) in [5, 5.41) is -0.216. The van der Waals surface area contributed by atoms with Crippen molar-refractivity contribution in [2.75, 3.05) is 0 Å². The summed E-state index contributed by atoms with van der Waals surface area (Å²) in [5.41, 5.74) is 0.976. The average molecular weight is 301 g/mol. The molecule has 0 saturated heterocycles. The molecule has 0 aliphatic heterocycles. The molecule has 3 nitrogen and oxygen atoms in total. The zero-order valence-corrected chi connectivity index (χ0v) is 11.5. The minimum absolute atomic E-state index is 0.172. The first-order chi connectivity index (χ1) is 8.88. The molecular weight excluding hydrogens is 291 g/mol. The Labute approximate surface area is 115 Å². The van der Waals surface area contributed by atoms with E-state index in [4.69, 9.17) is 15.8 Å². The van der Waals surface area contributed by atoms with Crippen LogP contribution in [-0.4, -0.2) is 8.42 Å². The second-order valence-electron chi connectivity index (χ2n) is 3.93. The first-order valence-corrected chi connectivity index (χ1v) is 7.13. The van der Waals surface area contributed by atoms with Crippen LogP contribution in [0.2, 0.25) is 5.02 Å². The third kappa shape index (κ3) is 3.24. The van der Waals surface area contributed by atoms with Crippen LogP contribution in [0.25, 0.3) is 0 Å². The fourth-order valence-corrected chi connectivity index (χ4v) is 2.88. The van der Waals surface area contributed by atoms with Gasteiger partial charge in [0.2, 0.25) is 0 Å². The van der Waals surface area contributed by atoms with Gasteiger partial charge in [0.1, 0.15) is 16.5 Å². The standard InChI is InChI=1S/C13H10ClFO3S/c1-9-2-5-11(6-3-9)18-19(16,17)13-7-4-10(15)8-12(13)14/h2-8H,1H3. The molecule has 0 atom stereocenters. The molecule has 0 bridgehead atoms. The van der Waals surface area contributed by atoms with E-state index in [1.165, 1.54) is 12.1 Å². The highest BCUT2D eigenvalue weighted by Gasteiger charge is 2.20. The second kappa shape index (κ2) is 5.19. The van der Waals surface area contributed by atoms with Crippen molar-refractivity contribution >= 4 is 21.7 Å². The Morgan fingerprint density at radius 2 is 1.74 bits per heavy atom. The van der Waals surface area contributed by atoms with E-state index in [-0.39, 0.29) is 15.7 Å². The molecule has 0 fully saturated rings. The van der Waals surface area contributed by atoms with Crippen molar-refractivity contribution in [1.82, 2.24) is 0 Å². The van der Waals surface area contributed by atoms with Crippen molar-refractivity contribution in [2.45, 2.75) is 11.8 Å². The number of hydrogen-bond donors (Lipinski definition) is 0. The molecule has 0 N–H and O–H groups in total. The Balaban J connectivity index is 2.35. The predicted molar refractivity (Wildman–Crippen MR) is 70.4 cm³/mol. The van der Waals surface area contributed by atoms with Crippen molar-refractivity contribution in [3.8, 4) is 5.75 Å². The lowest BCUT2D eigenvalue weighted by Gasteiger charge is -2.08. The molecular formula is C13H10ClFO3S. The smallest absolute Gasteiger partial charge is 0.340 e. The Morgan fingerprint density at radius 3 is 2.32 bits per heavy atom. The van der Waals surface area contributed by atoms with E-state index in [1.807, 2.05) is 6.92 Å². The fraction of sp³-hybridized carbons (Fsp3) is 0.0769. The van der Waals surface area contributed by atoms with Crippen LogP contribution in [0.1, 0.15) is 5.56 Å². The fourth-order valence-electron chi connectivity index (χ4n) is 1.44. The van der Waals surface area contributed by atoms with Gasteiger partial charge in [-0.05, 0) is 37.3 Å². The van der Waals surface area contributed by atoms with Crippen molar-refractivity contribution in [3.05, 3.63) is 58.9 Å². The Hall–Kier alpha value is -1.59. The van der Waals surface area contributed by atoms with Crippen LogP contribution >= 0.6 is 11.6 Å². The first-order valence-electron chi connectivity index (χ1n) is 5.35.